The zero-order chi connectivity index (χ0) is 23.7. The Labute approximate surface area is 212 Å². The maximum Gasteiger partial charge on any atom is 0.252 e. The van der Waals surface area contributed by atoms with Crippen LogP contribution in [0.15, 0.2) is 42.5 Å². The number of hydrogen-bond donors (Lipinski definition) is 1. The Morgan fingerprint density at radius 2 is 1.82 bits per heavy atom. The van der Waals surface area contributed by atoms with Crippen molar-refractivity contribution < 1.29 is 4.79 Å². The van der Waals surface area contributed by atoms with E-state index < -0.39 is 0 Å². The number of carbonyl (C=O) groups excluding carboxylic acids is 1. The molecule has 1 aliphatic carbocycles. The van der Waals surface area contributed by atoms with E-state index in [1.165, 1.54) is 29.7 Å². The van der Waals surface area contributed by atoms with E-state index in [0.717, 1.165) is 55.6 Å². The smallest absolute Gasteiger partial charge is 0.252 e. The number of halogens is 1. The molecule has 4 nitrogen and oxygen atoms in total. The highest BCUT2D eigenvalue weighted by molar-refractivity contribution is 7.96. The van der Waals surface area contributed by atoms with Crippen molar-refractivity contribution in [3.8, 4) is 0 Å². The van der Waals surface area contributed by atoms with Gasteiger partial charge in [-0.15, -0.1) is 0 Å². The molecule has 2 aliphatic rings. The molecule has 1 aromatic heterocycles. The molecule has 0 radical (unpaired) electrons. The van der Waals surface area contributed by atoms with E-state index in [2.05, 4.69) is 58.4 Å². The van der Waals surface area contributed by atoms with Crippen LogP contribution >= 0.6 is 23.5 Å². The second-order valence-electron chi connectivity index (χ2n) is 9.79. The minimum Gasteiger partial charge on any atom is -0.352 e. The maximum atomic E-state index is 13.1. The van der Waals surface area contributed by atoms with Crippen molar-refractivity contribution in [2.24, 2.45) is 5.92 Å². The Morgan fingerprint density at radius 1 is 1.09 bits per heavy atom. The lowest BCUT2D eigenvalue weighted by Gasteiger charge is -2.30. The van der Waals surface area contributed by atoms with E-state index in [1.54, 1.807) is 0 Å². The van der Waals surface area contributed by atoms with E-state index in [1.807, 2.05) is 24.1 Å². The molecule has 1 N–H and O–H groups in total. The first-order valence-corrected chi connectivity index (χ1v) is 13.9. The summed E-state index contributed by atoms with van der Waals surface area (Å²) in [6.07, 6.45) is 5.57. The van der Waals surface area contributed by atoms with Gasteiger partial charge >= 0.3 is 0 Å². The molecule has 1 saturated carbocycles. The minimum atomic E-state index is -0.0588. The summed E-state index contributed by atoms with van der Waals surface area (Å²) in [4.78, 5) is 13.1. The molecule has 1 aliphatic heterocycles. The van der Waals surface area contributed by atoms with Crippen LogP contribution in [0, 0.1) is 12.8 Å². The van der Waals surface area contributed by atoms with Gasteiger partial charge in [0.15, 0.2) is 0 Å². The average molecular weight is 496 g/mol. The Balaban J connectivity index is 1.32. The van der Waals surface area contributed by atoms with E-state index in [9.17, 15) is 4.79 Å². The second-order valence-corrected chi connectivity index (χ2v) is 11.5. The van der Waals surface area contributed by atoms with Crippen molar-refractivity contribution in [1.29, 1.82) is 0 Å². The lowest BCUT2D eigenvalue weighted by Crippen LogP contribution is -2.36. The molecule has 0 bridgehead atoms. The Bertz CT molecular complexity index is 1160. The molecule has 3 aromatic rings. The summed E-state index contributed by atoms with van der Waals surface area (Å²) in [5.41, 5.74) is 5.61. The van der Waals surface area contributed by atoms with Crippen LogP contribution in [0.25, 0.3) is 10.9 Å². The molecule has 2 aromatic carbocycles. The van der Waals surface area contributed by atoms with Crippen molar-refractivity contribution in [3.05, 3.63) is 69.9 Å². The zero-order valence-electron chi connectivity index (χ0n) is 20.1. The van der Waals surface area contributed by atoms with Gasteiger partial charge in [-0.3, -0.25) is 9.10 Å². The van der Waals surface area contributed by atoms with Crippen molar-refractivity contribution in [2.45, 2.75) is 52.0 Å². The van der Waals surface area contributed by atoms with Gasteiger partial charge in [0, 0.05) is 48.9 Å². The summed E-state index contributed by atoms with van der Waals surface area (Å²) >= 11 is 8.59. The SMILES string of the molecule is CCSN1CCC(CNC(=O)c2cc3cc(Cc4ccc(C)cc4)n(C4CC4)c3cc2Cl)CC1. The number of aromatic nitrogens is 1. The van der Waals surface area contributed by atoms with Crippen LogP contribution in [0.3, 0.4) is 0 Å². The highest BCUT2D eigenvalue weighted by Gasteiger charge is 2.28. The summed E-state index contributed by atoms with van der Waals surface area (Å²) in [5.74, 6) is 1.60. The van der Waals surface area contributed by atoms with Crippen LogP contribution in [-0.2, 0) is 6.42 Å². The molecule has 5 rings (SSSR count). The standard InChI is InChI=1S/C28H34ClN3OS/c1-3-34-31-12-10-21(11-13-31)18-30-28(33)25-16-22-15-24(14-20-6-4-19(2)5-7-20)32(23-8-9-23)27(22)17-26(25)29/h4-7,15-17,21,23H,3,8-14,18H2,1-2H3,(H,30,33). The third-order valence-corrected chi connectivity index (χ3v) is 8.41. The largest absolute Gasteiger partial charge is 0.352 e. The van der Waals surface area contributed by atoms with Crippen LogP contribution in [0.5, 0.6) is 0 Å². The molecular formula is C28H34ClN3OS. The number of hydrogen-bond acceptors (Lipinski definition) is 3. The third kappa shape index (κ3) is 5.32. The van der Waals surface area contributed by atoms with Crippen LogP contribution in [-0.4, -0.2) is 40.2 Å². The lowest BCUT2D eigenvalue weighted by molar-refractivity contribution is 0.0942. The van der Waals surface area contributed by atoms with Crippen molar-refractivity contribution in [2.75, 3.05) is 25.4 Å². The van der Waals surface area contributed by atoms with Crippen LogP contribution in [0.1, 0.15) is 65.8 Å². The van der Waals surface area contributed by atoms with Gasteiger partial charge in [-0.25, -0.2) is 0 Å². The van der Waals surface area contributed by atoms with Gasteiger partial charge in [-0.1, -0.05) is 60.3 Å². The number of aryl methyl sites for hydroxylation is 1. The molecule has 2 fully saturated rings. The molecule has 34 heavy (non-hydrogen) atoms. The fourth-order valence-corrected chi connectivity index (χ4v) is 6.13. The molecule has 180 valence electrons. The minimum absolute atomic E-state index is 0.0588. The van der Waals surface area contributed by atoms with Gasteiger partial charge < -0.3 is 9.88 Å². The predicted octanol–water partition coefficient (Wildman–Crippen LogP) is 6.64. The van der Waals surface area contributed by atoms with Crippen LogP contribution in [0.2, 0.25) is 5.02 Å². The average Bonchev–Trinajstić information content (AvgIpc) is 3.61. The molecule has 2 heterocycles. The quantitative estimate of drug-likeness (QED) is 0.356. The van der Waals surface area contributed by atoms with Crippen LogP contribution in [0.4, 0.5) is 0 Å². The summed E-state index contributed by atoms with van der Waals surface area (Å²) in [5, 5.41) is 4.81. The summed E-state index contributed by atoms with van der Waals surface area (Å²) in [6.45, 7) is 7.24. The zero-order valence-corrected chi connectivity index (χ0v) is 21.7. The van der Waals surface area contributed by atoms with Crippen LogP contribution < -0.4 is 5.32 Å². The van der Waals surface area contributed by atoms with Crippen molar-refractivity contribution in [3.63, 3.8) is 0 Å². The topological polar surface area (TPSA) is 37.3 Å². The highest BCUT2D eigenvalue weighted by atomic mass is 35.5. The van der Waals surface area contributed by atoms with E-state index in [-0.39, 0.29) is 5.91 Å². The molecule has 0 unspecified atom stereocenters. The number of carbonyl (C=O) groups is 1. The number of rotatable bonds is 8. The first-order valence-electron chi connectivity index (χ1n) is 12.6. The molecule has 0 atom stereocenters. The molecule has 1 saturated heterocycles. The fraction of sp³-hybridized carbons (Fsp3) is 0.464. The molecule has 6 heteroatoms. The van der Waals surface area contributed by atoms with Crippen molar-refractivity contribution >= 4 is 40.4 Å². The van der Waals surface area contributed by atoms with Gasteiger partial charge in [0.25, 0.3) is 5.91 Å². The molecular weight excluding hydrogens is 462 g/mol. The number of nitrogens with one attached hydrogen (secondary N) is 1. The lowest BCUT2D eigenvalue weighted by atomic mass is 9.98. The van der Waals surface area contributed by atoms with Crippen molar-refractivity contribution in [1.82, 2.24) is 14.2 Å². The molecule has 0 spiro atoms. The number of piperidine rings is 1. The number of amides is 1. The van der Waals surface area contributed by atoms with Gasteiger partial charge in [0.05, 0.1) is 16.1 Å². The monoisotopic (exact) mass is 495 g/mol. The van der Waals surface area contributed by atoms with E-state index >= 15 is 0 Å². The summed E-state index contributed by atoms with van der Waals surface area (Å²) in [6, 6.07) is 15.6. The van der Waals surface area contributed by atoms with E-state index in [0.29, 0.717) is 22.5 Å². The number of nitrogens with zero attached hydrogens (tertiary/aromatic N) is 2. The Hall–Kier alpha value is -1.95. The first-order chi connectivity index (χ1) is 16.5. The maximum absolute atomic E-state index is 13.1. The van der Waals surface area contributed by atoms with E-state index in [4.69, 9.17) is 11.6 Å². The van der Waals surface area contributed by atoms with Gasteiger partial charge in [-0.2, -0.15) is 0 Å². The van der Waals surface area contributed by atoms with Gasteiger partial charge in [-0.05, 0) is 62.3 Å². The first kappa shape index (κ1) is 23.8. The predicted molar refractivity (Wildman–Crippen MR) is 144 cm³/mol. The number of fused-ring (bicyclic) bond motifs is 1. The Kier molecular flexibility index (Phi) is 7.24. The molecule has 1 amide bonds. The summed E-state index contributed by atoms with van der Waals surface area (Å²) < 4.78 is 4.90. The third-order valence-electron chi connectivity index (χ3n) is 7.11. The van der Waals surface area contributed by atoms with Gasteiger partial charge in [0.1, 0.15) is 0 Å². The fourth-order valence-electron chi connectivity index (χ4n) is 5.05. The highest BCUT2D eigenvalue weighted by Crippen LogP contribution is 2.41. The van der Waals surface area contributed by atoms with Gasteiger partial charge in [0.2, 0.25) is 0 Å². The summed E-state index contributed by atoms with van der Waals surface area (Å²) in [7, 11) is 0. The Morgan fingerprint density at radius 3 is 2.50 bits per heavy atom. The number of benzene rings is 2. The normalized spacial score (nSPS) is 17.4. The second kappa shape index (κ2) is 10.3.